The highest BCUT2D eigenvalue weighted by atomic mass is 32.2. The predicted octanol–water partition coefficient (Wildman–Crippen LogP) is 2.64. The summed E-state index contributed by atoms with van der Waals surface area (Å²) in [6.07, 6.45) is 1.93. The Morgan fingerprint density at radius 3 is 2.50 bits per heavy atom. The molecule has 1 aliphatic carbocycles. The summed E-state index contributed by atoms with van der Waals surface area (Å²) in [5.41, 5.74) is 0.0743. The van der Waals surface area contributed by atoms with Gasteiger partial charge in [0.25, 0.3) is 5.69 Å². The van der Waals surface area contributed by atoms with Crippen molar-refractivity contribution in [3.05, 3.63) is 28.3 Å². The lowest BCUT2D eigenvalue weighted by atomic mass is 9.63. The van der Waals surface area contributed by atoms with Crippen LogP contribution in [0.3, 0.4) is 0 Å². The molecule has 2 unspecified atom stereocenters. The molecule has 0 aliphatic heterocycles. The minimum absolute atomic E-state index is 0.0496. The van der Waals surface area contributed by atoms with Crippen LogP contribution in [0.2, 0.25) is 0 Å². The third-order valence-corrected chi connectivity index (χ3v) is 6.02. The van der Waals surface area contributed by atoms with Gasteiger partial charge in [0.1, 0.15) is 5.69 Å². The first-order chi connectivity index (χ1) is 11.0. The third-order valence-electron chi connectivity index (χ3n) is 4.91. The Bertz CT molecular complexity index is 745. The van der Waals surface area contributed by atoms with E-state index >= 15 is 0 Å². The highest BCUT2D eigenvalue weighted by molar-refractivity contribution is 7.90. The molecule has 0 N–H and O–H groups in total. The highest BCUT2D eigenvalue weighted by Crippen LogP contribution is 2.47. The van der Waals surface area contributed by atoms with Crippen LogP contribution in [-0.4, -0.2) is 45.4 Å². The van der Waals surface area contributed by atoms with Gasteiger partial charge < -0.3 is 9.64 Å². The monoisotopic (exact) mass is 356 g/mol. The number of nitro groups is 1. The van der Waals surface area contributed by atoms with Crippen molar-refractivity contribution in [2.24, 2.45) is 5.41 Å². The van der Waals surface area contributed by atoms with Gasteiger partial charge in [-0.05, 0) is 25.5 Å². The van der Waals surface area contributed by atoms with Crippen LogP contribution in [0.1, 0.15) is 27.2 Å². The SMILES string of the molecule is CCOC1CC(N(C)c2ccc(S(C)(=O)=O)cc2[N+](=O)[O-])C1(C)C. The van der Waals surface area contributed by atoms with E-state index in [0.29, 0.717) is 12.3 Å². The van der Waals surface area contributed by atoms with Crippen LogP contribution in [-0.2, 0) is 14.6 Å². The van der Waals surface area contributed by atoms with Crippen molar-refractivity contribution in [2.45, 2.75) is 44.2 Å². The second kappa shape index (κ2) is 6.33. The number of nitrogens with zero attached hydrogens (tertiary/aromatic N) is 2. The summed E-state index contributed by atoms with van der Waals surface area (Å²) < 4.78 is 29.0. The first kappa shape index (κ1) is 18.7. The Morgan fingerprint density at radius 2 is 2.04 bits per heavy atom. The normalized spacial score (nSPS) is 22.7. The number of benzene rings is 1. The van der Waals surface area contributed by atoms with Gasteiger partial charge in [0, 0.05) is 37.4 Å². The van der Waals surface area contributed by atoms with Gasteiger partial charge in [0.2, 0.25) is 0 Å². The van der Waals surface area contributed by atoms with E-state index in [4.69, 9.17) is 4.74 Å². The van der Waals surface area contributed by atoms with E-state index in [9.17, 15) is 18.5 Å². The van der Waals surface area contributed by atoms with Crippen molar-refractivity contribution >= 4 is 21.2 Å². The van der Waals surface area contributed by atoms with Crippen LogP contribution < -0.4 is 4.90 Å². The Morgan fingerprint density at radius 1 is 1.42 bits per heavy atom. The number of ether oxygens (including phenoxy) is 1. The Hall–Kier alpha value is -1.67. The summed E-state index contributed by atoms with van der Waals surface area (Å²) in [5.74, 6) is 0. The fourth-order valence-corrected chi connectivity index (χ4v) is 3.99. The largest absolute Gasteiger partial charge is 0.378 e. The molecule has 0 spiro atoms. The van der Waals surface area contributed by atoms with Crippen LogP contribution in [0, 0.1) is 15.5 Å². The van der Waals surface area contributed by atoms with Gasteiger partial charge in [-0.25, -0.2) is 8.42 Å². The van der Waals surface area contributed by atoms with E-state index in [1.807, 2.05) is 11.8 Å². The molecule has 0 bridgehead atoms. The van der Waals surface area contributed by atoms with Gasteiger partial charge in [-0.3, -0.25) is 10.1 Å². The minimum atomic E-state index is -3.50. The zero-order chi connectivity index (χ0) is 18.3. The lowest BCUT2D eigenvalue weighted by Gasteiger charge is -2.55. The van der Waals surface area contributed by atoms with Gasteiger partial charge in [-0.1, -0.05) is 13.8 Å². The van der Waals surface area contributed by atoms with Gasteiger partial charge in [0.15, 0.2) is 9.84 Å². The molecule has 1 aliphatic rings. The van der Waals surface area contributed by atoms with Crippen molar-refractivity contribution in [3.63, 3.8) is 0 Å². The lowest BCUT2D eigenvalue weighted by Crippen LogP contribution is -2.61. The summed E-state index contributed by atoms with van der Waals surface area (Å²) in [7, 11) is -1.69. The van der Waals surface area contributed by atoms with Crippen molar-refractivity contribution in [1.29, 1.82) is 0 Å². The molecule has 24 heavy (non-hydrogen) atoms. The fraction of sp³-hybridized carbons (Fsp3) is 0.625. The first-order valence-corrected chi connectivity index (χ1v) is 9.72. The molecule has 1 aromatic carbocycles. The molecule has 0 aromatic heterocycles. The van der Waals surface area contributed by atoms with Gasteiger partial charge in [-0.15, -0.1) is 0 Å². The maximum absolute atomic E-state index is 11.7. The first-order valence-electron chi connectivity index (χ1n) is 7.83. The van der Waals surface area contributed by atoms with Gasteiger partial charge in [-0.2, -0.15) is 0 Å². The maximum atomic E-state index is 11.7. The van der Waals surface area contributed by atoms with E-state index in [1.165, 1.54) is 12.1 Å². The predicted molar refractivity (Wildman–Crippen MR) is 92.2 cm³/mol. The number of sulfone groups is 1. The molecule has 134 valence electrons. The fourth-order valence-electron chi connectivity index (χ4n) is 3.35. The number of rotatable bonds is 6. The van der Waals surface area contributed by atoms with Gasteiger partial charge >= 0.3 is 0 Å². The van der Waals surface area contributed by atoms with Crippen LogP contribution >= 0.6 is 0 Å². The summed E-state index contributed by atoms with van der Waals surface area (Å²) >= 11 is 0. The van der Waals surface area contributed by atoms with Crippen LogP contribution in [0.15, 0.2) is 23.1 Å². The molecule has 0 heterocycles. The van der Waals surface area contributed by atoms with Crippen molar-refractivity contribution in [3.8, 4) is 0 Å². The minimum Gasteiger partial charge on any atom is -0.378 e. The number of nitro benzene ring substituents is 1. The molecule has 1 fully saturated rings. The highest BCUT2D eigenvalue weighted by Gasteiger charge is 2.51. The molecule has 1 aromatic rings. The third kappa shape index (κ3) is 3.25. The van der Waals surface area contributed by atoms with Crippen LogP contribution in [0.25, 0.3) is 0 Å². The zero-order valence-electron chi connectivity index (χ0n) is 14.6. The average Bonchev–Trinajstić information content (AvgIpc) is 2.48. The lowest BCUT2D eigenvalue weighted by molar-refractivity contribution is -0.384. The molecule has 2 rings (SSSR count). The zero-order valence-corrected chi connectivity index (χ0v) is 15.5. The number of anilines is 1. The molecular formula is C16H24N2O5S. The Balaban J connectivity index is 2.37. The second-order valence-corrected chi connectivity index (χ2v) is 8.82. The molecule has 8 heteroatoms. The second-order valence-electron chi connectivity index (χ2n) is 6.81. The maximum Gasteiger partial charge on any atom is 0.293 e. The molecule has 2 atom stereocenters. The Labute approximate surface area is 142 Å². The molecular weight excluding hydrogens is 332 g/mol. The molecule has 1 saturated carbocycles. The summed E-state index contributed by atoms with van der Waals surface area (Å²) in [4.78, 5) is 12.7. The average molecular weight is 356 g/mol. The van der Waals surface area contributed by atoms with Crippen molar-refractivity contribution in [1.82, 2.24) is 0 Å². The van der Waals surface area contributed by atoms with E-state index in [0.717, 1.165) is 18.7 Å². The number of hydrogen-bond acceptors (Lipinski definition) is 6. The van der Waals surface area contributed by atoms with E-state index in [1.54, 1.807) is 7.05 Å². The van der Waals surface area contributed by atoms with E-state index in [-0.39, 0.29) is 28.1 Å². The summed E-state index contributed by atoms with van der Waals surface area (Å²) in [6, 6.07) is 4.14. The van der Waals surface area contributed by atoms with Crippen molar-refractivity contribution in [2.75, 3.05) is 24.8 Å². The van der Waals surface area contributed by atoms with E-state index in [2.05, 4.69) is 13.8 Å². The van der Waals surface area contributed by atoms with Crippen LogP contribution in [0.5, 0.6) is 0 Å². The van der Waals surface area contributed by atoms with Gasteiger partial charge in [0.05, 0.1) is 15.9 Å². The number of hydrogen-bond donors (Lipinski definition) is 0. The summed E-state index contributed by atoms with van der Waals surface area (Å²) in [6.45, 7) is 6.74. The molecule has 0 saturated heterocycles. The van der Waals surface area contributed by atoms with Crippen LogP contribution in [0.4, 0.5) is 11.4 Å². The van der Waals surface area contributed by atoms with Crippen molar-refractivity contribution < 1.29 is 18.1 Å². The van der Waals surface area contributed by atoms with E-state index < -0.39 is 14.8 Å². The summed E-state index contributed by atoms with van der Waals surface area (Å²) in [5, 5.41) is 11.4. The smallest absolute Gasteiger partial charge is 0.293 e. The molecule has 0 amide bonds. The molecule has 0 radical (unpaired) electrons. The standard InChI is InChI=1S/C16H24N2O5S/c1-6-23-15-10-14(16(15,2)3)17(4)12-8-7-11(24(5,21)22)9-13(12)18(19)20/h7-9,14-15H,6,10H2,1-5H3. The Kier molecular flexibility index (Phi) is 4.92. The quantitative estimate of drug-likeness (QED) is 0.575. The topological polar surface area (TPSA) is 89.8 Å². The molecule has 7 nitrogen and oxygen atoms in total.